The molecule has 0 bridgehead atoms. The zero-order valence-electron chi connectivity index (χ0n) is 9.21. The number of nitrogens with one attached hydrogen (secondary N) is 2. The first-order valence-corrected chi connectivity index (χ1v) is 5.55. The fourth-order valence-electron chi connectivity index (χ4n) is 1.53. The quantitative estimate of drug-likeness (QED) is 0.653. The Morgan fingerprint density at radius 1 is 1.43 bits per heavy atom. The molecular weight excluding hydrogens is 174 g/mol. The Morgan fingerprint density at radius 2 is 2.21 bits per heavy atom. The van der Waals surface area contributed by atoms with Crippen LogP contribution in [-0.4, -0.2) is 23.1 Å². The van der Waals surface area contributed by atoms with E-state index in [1.54, 1.807) is 6.20 Å². The van der Waals surface area contributed by atoms with Gasteiger partial charge in [0.15, 0.2) is 0 Å². The minimum atomic E-state index is 0.826. The van der Waals surface area contributed by atoms with E-state index >= 15 is 0 Å². The van der Waals surface area contributed by atoms with E-state index in [-0.39, 0.29) is 0 Å². The summed E-state index contributed by atoms with van der Waals surface area (Å²) in [7, 11) is 0. The maximum Gasteiger partial charge on any atom is 0.107 e. The summed E-state index contributed by atoms with van der Waals surface area (Å²) in [6, 6.07) is 0. The molecule has 1 aromatic heterocycles. The van der Waals surface area contributed by atoms with Gasteiger partial charge in [0.05, 0.1) is 0 Å². The lowest BCUT2D eigenvalue weighted by Crippen LogP contribution is -2.24. The van der Waals surface area contributed by atoms with Crippen molar-refractivity contribution in [1.29, 1.82) is 0 Å². The predicted molar refractivity (Wildman–Crippen MR) is 59.2 cm³/mol. The van der Waals surface area contributed by atoms with Crippen LogP contribution >= 0.6 is 0 Å². The van der Waals surface area contributed by atoms with E-state index in [0.717, 1.165) is 31.3 Å². The van der Waals surface area contributed by atoms with Crippen LogP contribution in [0.3, 0.4) is 0 Å². The Morgan fingerprint density at radius 3 is 2.79 bits per heavy atom. The summed E-state index contributed by atoms with van der Waals surface area (Å²) in [5, 5.41) is 3.47. The van der Waals surface area contributed by atoms with E-state index < -0.39 is 0 Å². The molecule has 0 aliphatic carbocycles. The molecule has 0 unspecified atom stereocenters. The van der Waals surface area contributed by atoms with Crippen molar-refractivity contribution in [1.82, 2.24) is 15.3 Å². The molecule has 0 radical (unpaired) electrons. The van der Waals surface area contributed by atoms with Crippen LogP contribution in [0.2, 0.25) is 0 Å². The van der Waals surface area contributed by atoms with E-state index in [1.807, 2.05) is 6.20 Å². The highest BCUT2D eigenvalue weighted by Gasteiger charge is 2.01. The van der Waals surface area contributed by atoms with Gasteiger partial charge >= 0.3 is 0 Å². The summed E-state index contributed by atoms with van der Waals surface area (Å²) in [6.45, 7) is 6.66. The number of nitrogens with zero attached hydrogens (tertiary/aromatic N) is 1. The van der Waals surface area contributed by atoms with Gasteiger partial charge in [0.1, 0.15) is 5.82 Å². The lowest BCUT2D eigenvalue weighted by atomic mass is 10.0. The molecular formula is C11H21N3. The number of aromatic amines is 1. The highest BCUT2D eigenvalue weighted by Crippen LogP contribution is 2.04. The van der Waals surface area contributed by atoms with Gasteiger partial charge in [0.2, 0.25) is 0 Å². The van der Waals surface area contributed by atoms with Crippen LogP contribution in [0.1, 0.15) is 32.5 Å². The first-order valence-electron chi connectivity index (χ1n) is 5.55. The first kappa shape index (κ1) is 11.2. The molecule has 1 aromatic rings. The second-order valence-electron chi connectivity index (χ2n) is 3.67. The SMILES string of the molecule is CCC(CC)CNCCc1ncc[nH]1. The molecule has 0 spiro atoms. The summed E-state index contributed by atoms with van der Waals surface area (Å²) < 4.78 is 0. The van der Waals surface area contributed by atoms with Crippen molar-refractivity contribution in [2.45, 2.75) is 33.1 Å². The minimum absolute atomic E-state index is 0.826. The average molecular weight is 195 g/mol. The van der Waals surface area contributed by atoms with Crippen molar-refractivity contribution in [3.05, 3.63) is 18.2 Å². The molecule has 3 nitrogen and oxygen atoms in total. The molecule has 0 saturated carbocycles. The number of H-pyrrole nitrogens is 1. The molecule has 3 heteroatoms. The molecule has 0 saturated heterocycles. The molecule has 0 amide bonds. The third-order valence-electron chi connectivity index (χ3n) is 2.68. The molecule has 0 atom stereocenters. The predicted octanol–water partition coefficient (Wildman–Crippen LogP) is 1.98. The molecule has 1 heterocycles. The normalized spacial score (nSPS) is 11.1. The molecule has 14 heavy (non-hydrogen) atoms. The summed E-state index contributed by atoms with van der Waals surface area (Å²) in [4.78, 5) is 7.28. The maximum absolute atomic E-state index is 4.18. The highest BCUT2D eigenvalue weighted by atomic mass is 14.9. The average Bonchev–Trinajstić information content (AvgIpc) is 2.71. The van der Waals surface area contributed by atoms with Crippen LogP contribution < -0.4 is 5.32 Å². The second kappa shape index (κ2) is 6.60. The highest BCUT2D eigenvalue weighted by molar-refractivity contribution is 4.87. The van der Waals surface area contributed by atoms with Gasteiger partial charge < -0.3 is 10.3 Å². The lowest BCUT2D eigenvalue weighted by molar-refractivity contribution is 0.451. The smallest absolute Gasteiger partial charge is 0.107 e. The third-order valence-corrected chi connectivity index (χ3v) is 2.68. The van der Waals surface area contributed by atoms with Gasteiger partial charge in [0.25, 0.3) is 0 Å². The summed E-state index contributed by atoms with van der Waals surface area (Å²) in [5.41, 5.74) is 0. The Bertz CT molecular complexity index is 214. The van der Waals surface area contributed by atoms with Crippen LogP contribution in [0, 0.1) is 5.92 Å². The van der Waals surface area contributed by atoms with Gasteiger partial charge in [-0.1, -0.05) is 26.7 Å². The molecule has 80 valence electrons. The van der Waals surface area contributed by atoms with E-state index in [0.29, 0.717) is 0 Å². The summed E-state index contributed by atoms with van der Waals surface area (Å²) in [5.74, 6) is 1.90. The monoisotopic (exact) mass is 195 g/mol. The number of hydrogen-bond acceptors (Lipinski definition) is 2. The van der Waals surface area contributed by atoms with Gasteiger partial charge in [-0.2, -0.15) is 0 Å². The van der Waals surface area contributed by atoms with Crippen molar-refractivity contribution in [3.8, 4) is 0 Å². The van der Waals surface area contributed by atoms with E-state index in [2.05, 4.69) is 29.1 Å². The molecule has 0 aliphatic rings. The van der Waals surface area contributed by atoms with Crippen LogP contribution in [0.25, 0.3) is 0 Å². The first-order chi connectivity index (χ1) is 6.86. The molecule has 0 aliphatic heterocycles. The molecule has 2 N–H and O–H groups in total. The van der Waals surface area contributed by atoms with Crippen molar-refractivity contribution < 1.29 is 0 Å². The van der Waals surface area contributed by atoms with E-state index in [1.165, 1.54) is 12.8 Å². The molecule has 0 fully saturated rings. The number of imidazole rings is 1. The zero-order valence-corrected chi connectivity index (χ0v) is 9.21. The van der Waals surface area contributed by atoms with Crippen LogP contribution in [0.5, 0.6) is 0 Å². The van der Waals surface area contributed by atoms with E-state index in [4.69, 9.17) is 0 Å². The van der Waals surface area contributed by atoms with Crippen molar-refractivity contribution in [3.63, 3.8) is 0 Å². The van der Waals surface area contributed by atoms with Crippen molar-refractivity contribution in [2.75, 3.05) is 13.1 Å². The second-order valence-corrected chi connectivity index (χ2v) is 3.67. The minimum Gasteiger partial charge on any atom is -0.349 e. The van der Waals surface area contributed by atoms with Crippen molar-refractivity contribution in [2.24, 2.45) is 5.92 Å². The third kappa shape index (κ3) is 3.92. The topological polar surface area (TPSA) is 40.7 Å². The Labute approximate surface area is 86.3 Å². The van der Waals surface area contributed by atoms with Gasteiger partial charge in [-0.3, -0.25) is 0 Å². The van der Waals surface area contributed by atoms with Crippen LogP contribution in [0.15, 0.2) is 12.4 Å². The number of hydrogen-bond donors (Lipinski definition) is 2. The van der Waals surface area contributed by atoms with Gasteiger partial charge in [0, 0.05) is 25.4 Å². The number of aromatic nitrogens is 2. The van der Waals surface area contributed by atoms with Gasteiger partial charge in [-0.05, 0) is 12.5 Å². The fourth-order valence-corrected chi connectivity index (χ4v) is 1.53. The van der Waals surface area contributed by atoms with Crippen molar-refractivity contribution >= 4 is 0 Å². The van der Waals surface area contributed by atoms with Gasteiger partial charge in [-0.15, -0.1) is 0 Å². The van der Waals surface area contributed by atoms with E-state index in [9.17, 15) is 0 Å². The standard InChI is InChI=1S/C11H21N3/c1-3-10(4-2)9-12-6-5-11-13-7-8-14-11/h7-8,10,12H,3-6,9H2,1-2H3,(H,13,14). The molecule has 1 rings (SSSR count). The molecule has 0 aromatic carbocycles. The summed E-state index contributed by atoms with van der Waals surface area (Å²) >= 11 is 0. The fraction of sp³-hybridized carbons (Fsp3) is 0.727. The largest absolute Gasteiger partial charge is 0.349 e. The maximum atomic E-state index is 4.18. The Hall–Kier alpha value is -0.830. The Balaban J connectivity index is 2.04. The zero-order chi connectivity index (χ0) is 10.2. The van der Waals surface area contributed by atoms with Gasteiger partial charge in [-0.25, -0.2) is 4.98 Å². The Kier molecular flexibility index (Phi) is 5.30. The number of rotatable bonds is 7. The lowest BCUT2D eigenvalue weighted by Gasteiger charge is -2.12. The summed E-state index contributed by atoms with van der Waals surface area (Å²) in [6.07, 6.45) is 7.20. The van der Waals surface area contributed by atoms with Crippen LogP contribution in [0.4, 0.5) is 0 Å². The van der Waals surface area contributed by atoms with Crippen LogP contribution in [-0.2, 0) is 6.42 Å².